The maximum absolute atomic E-state index is 12.3. The molecule has 1 amide bonds. The van der Waals surface area contributed by atoms with Crippen molar-refractivity contribution in [3.8, 4) is 5.75 Å². The lowest BCUT2D eigenvalue weighted by Crippen LogP contribution is -2.23. The van der Waals surface area contributed by atoms with Crippen LogP contribution in [0.25, 0.3) is 0 Å². The molecule has 0 aliphatic carbocycles. The van der Waals surface area contributed by atoms with Crippen molar-refractivity contribution in [1.82, 2.24) is 10.3 Å². The van der Waals surface area contributed by atoms with Crippen LogP contribution in [0.15, 0.2) is 36.7 Å². The average molecular weight is 270 g/mol. The summed E-state index contributed by atoms with van der Waals surface area (Å²) < 4.78 is 5.84. The number of amides is 1. The van der Waals surface area contributed by atoms with Crippen LogP contribution in [-0.4, -0.2) is 17.0 Å². The van der Waals surface area contributed by atoms with Crippen LogP contribution < -0.4 is 10.1 Å². The second-order valence-electron chi connectivity index (χ2n) is 5.24. The highest BCUT2D eigenvalue weighted by atomic mass is 16.5. The first-order valence-corrected chi connectivity index (χ1v) is 6.86. The number of para-hydroxylation sites is 1. The Labute approximate surface area is 118 Å². The number of hydrogen-bond acceptors (Lipinski definition) is 2. The van der Waals surface area contributed by atoms with Crippen molar-refractivity contribution in [2.45, 2.75) is 32.4 Å². The molecule has 2 heterocycles. The van der Waals surface area contributed by atoms with Gasteiger partial charge in [0.25, 0.3) is 5.91 Å². The lowest BCUT2D eigenvalue weighted by molar-refractivity contribution is 0.0946. The molecule has 0 bridgehead atoms. The standard InChI is InChI=1S/C16H18N2O2/c1-10-11(2)20-15-13(10)4-3-5-14(15)16(19)18-9-12-6-7-17-8-12/h3-8,10-11,17H,9H2,1-2H3,(H,18,19). The molecule has 20 heavy (non-hydrogen) atoms. The summed E-state index contributed by atoms with van der Waals surface area (Å²) in [5, 5.41) is 2.92. The van der Waals surface area contributed by atoms with Gasteiger partial charge in [0.15, 0.2) is 0 Å². The highest BCUT2D eigenvalue weighted by Gasteiger charge is 2.30. The van der Waals surface area contributed by atoms with Crippen LogP contribution in [0.5, 0.6) is 5.75 Å². The van der Waals surface area contributed by atoms with Crippen molar-refractivity contribution < 1.29 is 9.53 Å². The van der Waals surface area contributed by atoms with Crippen molar-refractivity contribution in [2.24, 2.45) is 0 Å². The second-order valence-corrected chi connectivity index (χ2v) is 5.24. The van der Waals surface area contributed by atoms with E-state index in [0.717, 1.165) is 16.9 Å². The van der Waals surface area contributed by atoms with Crippen molar-refractivity contribution in [1.29, 1.82) is 0 Å². The molecule has 1 aliphatic rings. The Bertz CT molecular complexity index is 619. The van der Waals surface area contributed by atoms with Crippen molar-refractivity contribution in [3.05, 3.63) is 53.3 Å². The van der Waals surface area contributed by atoms with Gasteiger partial charge in [-0.2, -0.15) is 0 Å². The van der Waals surface area contributed by atoms with Gasteiger partial charge in [0.1, 0.15) is 11.9 Å². The minimum Gasteiger partial charge on any atom is -0.489 e. The first-order chi connectivity index (χ1) is 9.66. The van der Waals surface area contributed by atoms with E-state index in [2.05, 4.69) is 17.2 Å². The van der Waals surface area contributed by atoms with E-state index >= 15 is 0 Å². The van der Waals surface area contributed by atoms with Crippen LogP contribution in [0, 0.1) is 0 Å². The number of rotatable bonds is 3. The fourth-order valence-corrected chi connectivity index (χ4v) is 2.51. The molecule has 0 spiro atoms. The summed E-state index contributed by atoms with van der Waals surface area (Å²) in [6.07, 6.45) is 3.83. The topological polar surface area (TPSA) is 54.1 Å². The summed E-state index contributed by atoms with van der Waals surface area (Å²) in [5.74, 6) is 0.964. The third-order valence-electron chi connectivity index (χ3n) is 3.90. The molecule has 0 fully saturated rings. The molecule has 0 saturated heterocycles. The first kappa shape index (κ1) is 12.8. The van der Waals surface area contributed by atoms with E-state index < -0.39 is 0 Å². The lowest BCUT2D eigenvalue weighted by atomic mass is 9.97. The van der Waals surface area contributed by atoms with Gasteiger partial charge in [-0.05, 0) is 24.6 Å². The normalized spacial score (nSPS) is 20.3. The summed E-state index contributed by atoms with van der Waals surface area (Å²) >= 11 is 0. The van der Waals surface area contributed by atoms with Crippen LogP contribution in [0.1, 0.15) is 41.3 Å². The number of carbonyl (C=O) groups is 1. The Morgan fingerprint density at radius 1 is 1.35 bits per heavy atom. The third-order valence-corrected chi connectivity index (χ3v) is 3.90. The molecule has 104 valence electrons. The van der Waals surface area contributed by atoms with Gasteiger partial charge in [0.05, 0.1) is 5.56 Å². The van der Waals surface area contributed by atoms with Crippen molar-refractivity contribution >= 4 is 5.91 Å². The molecule has 2 unspecified atom stereocenters. The first-order valence-electron chi connectivity index (χ1n) is 6.86. The van der Waals surface area contributed by atoms with Gasteiger partial charge >= 0.3 is 0 Å². The van der Waals surface area contributed by atoms with E-state index in [4.69, 9.17) is 4.74 Å². The summed E-state index contributed by atoms with van der Waals surface area (Å²) in [6.45, 7) is 4.67. The minimum atomic E-state index is -0.0932. The molecular formula is C16H18N2O2. The van der Waals surface area contributed by atoms with E-state index in [1.165, 1.54) is 0 Å². The Hall–Kier alpha value is -2.23. The van der Waals surface area contributed by atoms with Gasteiger partial charge in [-0.15, -0.1) is 0 Å². The predicted octanol–water partition coefficient (Wildman–Crippen LogP) is 2.83. The number of nitrogens with one attached hydrogen (secondary N) is 2. The molecule has 4 nitrogen and oxygen atoms in total. The number of ether oxygens (including phenoxy) is 1. The summed E-state index contributed by atoms with van der Waals surface area (Å²) in [7, 11) is 0. The highest BCUT2D eigenvalue weighted by molar-refractivity contribution is 5.97. The van der Waals surface area contributed by atoms with Gasteiger partial charge in [0.2, 0.25) is 0 Å². The molecular weight excluding hydrogens is 252 g/mol. The Kier molecular flexibility index (Phi) is 3.22. The Morgan fingerprint density at radius 2 is 2.20 bits per heavy atom. The zero-order chi connectivity index (χ0) is 14.1. The largest absolute Gasteiger partial charge is 0.489 e. The molecule has 4 heteroatoms. The van der Waals surface area contributed by atoms with Crippen molar-refractivity contribution in [2.75, 3.05) is 0 Å². The Morgan fingerprint density at radius 3 is 2.95 bits per heavy atom. The molecule has 2 N–H and O–H groups in total. The summed E-state index contributed by atoms with van der Waals surface area (Å²) in [4.78, 5) is 15.3. The quantitative estimate of drug-likeness (QED) is 0.901. The van der Waals surface area contributed by atoms with E-state index in [0.29, 0.717) is 18.0 Å². The zero-order valence-electron chi connectivity index (χ0n) is 11.6. The lowest BCUT2D eigenvalue weighted by Gasteiger charge is -2.09. The predicted molar refractivity (Wildman–Crippen MR) is 76.9 cm³/mol. The molecule has 1 aromatic carbocycles. The maximum Gasteiger partial charge on any atom is 0.255 e. The number of aromatic amines is 1. The van der Waals surface area contributed by atoms with Crippen molar-refractivity contribution in [3.63, 3.8) is 0 Å². The van der Waals surface area contributed by atoms with Gasteiger partial charge < -0.3 is 15.0 Å². The van der Waals surface area contributed by atoms with E-state index in [9.17, 15) is 4.79 Å². The van der Waals surface area contributed by atoms with Gasteiger partial charge in [-0.1, -0.05) is 19.1 Å². The molecule has 2 atom stereocenters. The SMILES string of the molecule is CC1Oc2c(C(=O)NCc3cc[nH]c3)cccc2C1C. The van der Waals surface area contributed by atoms with E-state index in [1.54, 1.807) is 0 Å². The van der Waals surface area contributed by atoms with Crippen LogP contribution >= 0.6 is 0 Å². The third kappa shape index (κ3) is 2.18. The summed E-state index contributed by atoms with van der Waals surface area (Å²) in [6, 6.07) is 7.71. The molecule has 3 rings (SSSR count). The number of fused-ring (bicyclic) bond motifs is 1. The van der Waals surface area contributed by atoms with Crippen LogP contribution in [0.3, 0.4) is 0 Å². The zero-order valence-corrected chi connectivity index (χ0v) is 11.6. The second kappa shape index (κ2) is 5.04. The number of carbonyl (C=O) groups excluding carboxylic acids is 1. The van der Waals surface area contributed by atoms with Crippen LogP contribution in [-0.2, 0) is 6.54 Å². The molecule has 0 saturated carbocycles. The van der Waals surface area contributed by atoms with Crippen LogP contribution in [0.4, 0.5) is 0 Å². The fourth-order valence-electron chi connectivity index (χ4n) is 2.51. The Balaban J connectivity index is 1.79. The monoisotopic (exact) mass is 270 g/mol. The highest BCUT2D eigenvalue weighted by Crippen LogP contribution is 2.40. The number of benzene rings is 1. The maximum atomic E-state index is 12.3. The van der Waals surface area contributed by atoms with E-state index in [-0.39, 0.29) is 12.0 Å². The smallest absolute Gasteiger partial charge is 0.255 e. The number of H-pyrrole nitrogens is 1. The molecule has 1 aliphatic heterocycles. The van der Waals surface area contributed by atoms with E-state index in [1.807, 2.05) is 43.6 Å². The minimum absolute atomic E-state index is 0.0932. The average Bonchev–Trinajstić information content (AvgIpc) is 3.06. The number of aromatic nitrogens is 1. The fraction of sp³-hybridized carbons (Fsp3) is 0.312. The van der Waals surface area contributed by atoms with Gasteiger partial charge in [-0.3, -0.25) is 4.79 Å². The molecule has 2 aromatic rings. The molecule has 1 aromatic heterocycles. The molecule has 0 radical (unpaired) electrons. The van der Waals surface area contributed by atoms with Gasteiger partial charge in [0, 0.05) is 30.4 Å². The number of hydrogen-bond donors (Lipinski definition) is 2. The van der Waals surface area contributed by atoms with Crippen LogP contribution in [0.2, 0.25) is 0 Å². The van der Waals surface area contributed by atoms with Gasteiger partial charge in [-0.25, -0.2) is 0 Å². The summed E-state index contributed by atoms with van der Waals surface area (Å²) in [5.41, 5.74) is 2.79.